The van der Waals surface area contributed by atoms with Crippen molar-refractivity contribution < 1.29 is 24.2 Å². The Hall–Kier alpha value is -4.25. The monoisotopic (exact) mass is 550 g/mol. The van der Waals surface area contributed by atoms with E-state index in [0.717, 1.165) is 0 Å². The van der Waals surface area contributed by atoms with Crippen molar-refractivity contribution in [3.05, 3.63) is 56.8 Å². The van der Waals surface area contributed by atoms with Crippen molar-refractivity contribution in [2.75, 3.05) is 12.5 Å². The van der Waals surface area contributed by atoms with E-state index in [9.17, 15) is 9.59 Å². The minimum Gasteiger partial charge on any atom is -0.480 e. The quantitative estimate of drug-likeness (QED) is 0.274. The Kier molecular flexibility index (Phi) is 8.74. The van der Waals surface area contributed by atoms with Gasteiger partial charge in [-0.15, -0.1) is 15.3 Å². The number of carboxylic acid groups (broad SMARTS) is 1. The van der Waals surface area contributed by atoms with Gasteiger partial charge < -0.3 is 14.6 Å². The first-order chi connectivity index (χ1) is 17.2. The summed E-state index contributed by atoms with van der Waals surface area (Å²) in [6.07, 6.45) is -1.36. The first kappa shape index (κ1) is 26.4. The molecule has 0 bridgehead atoms. The number of imide groups is 1. The van der Waals surface area contributed by atoms with E-state index in [1.165, 1.54) is 36.7 Å². The summed E-state index contributed by atoms with van der Waals surface area (Å²) in [5, 5.41) is 38.5. The molecule has 16 heteroatoms. The number of benzene rings is 1. The maximum absolute atomic E-state index is 11.6. The summed E-state index contributed by atoms with van der Waals surface area (Å²) in [6.45, 7) is 0. The summed E-state index contributed by atoms with van der Waals surface area (Å²) in [5.74, 6) is -0.784. The van der Waals surface area contributed by atoms with Gasteiger partial charge in [-0.25, -0.2) is 4.79 Å². The van der Waals surface area contributed by atoms with Crippen molar-refractivity contribution in [1.29, 1.82) is 5.26 Å². The number of nitrogens with one attached hydrogen (secondary N) is 2. The Labute approximate surface area is 217 Å². The molecule has 3 N–H and O–H groups in total. The normalized spacial score (nSPS) is 10.8. The number of nitrogens with zero attached hydrogens (tertiary/aromatic N) is 6. The molecular weight excluding hydrogens is 539 g/mol. The van der Waals surface area contributed by atoms with Crippen LogP contribution in [0.3, 0.4) is 0 Å². The fourth-order valence-corrected chi connectivity index (χ4v) is 3.27. The fraction of sp³-hybridized carbons (Fsp3) is 0.100. The molecule has 2 aromatic heterocycles. The molecule has 2 heterocycles. The number of halogens is 3. The van der Waals surface area contributed by atoms with Gasteiger partial charge in [0.15, 0.2) is 10.9 Å². The number of carbonyl (C=O) groups excluding carboxylic acids is 1. The summed E-state index contributed by atoms with van der Waals surface area (Å²) in [4.78, 5) is 22.1. The number of hydrogen-bond acceptors (Lipinski definition) is 11. The molecule has 0 saturated carbocycles. The van der Waals surface area contributed by atoms with Gasteiger partial charge in [-0.3, -0.25) is 15.5 Å². The number of anilines is 1. The molecule has 0 aliphatic carbocycles. The van der Waals surface area contributed by atoms with Crippen LogP contribution in [0, 0.1) is 11.3 Å². The van der Waals surface area contributed by atoms with Crippen LogP contribution in [0.25, 0.3) is 0 Å². The number of hydrogen-bond donors (Lipinski definition) is 3. The predicted molar refractivity (Wildman–Crippen MR) is 128 cm³/mol. The van der Waals surface area contributed by atoms with Gasteiger partial charge in [0.05, 0.1) is 28.5 Å². The van der Waals surface area contributed by atoms with Crippen LogP contribution in [-0.2, 0) is 11.2 Å². The molecular formula is C20H13Cl3N8O5. The zero-order valence-electron chi connectivity index (χ0n) is 18.0. The number of nitriles is 1. The number of methoxy groups -OCH3 is 1. The molecule has 0 radical (unpaired) electrons. The topological polar surface area (TPSA) is 185 Å². The largest absolute Gasteiger partial charge is 0.480 e. The number of rotatable bonds is 8. The maximum Gasteiger partial charge on any atom is 0.411 e. The van der Waals surface area contributed by atoms with Gasteiger partial charge >= 0.3 is 6.09 Å². The van der Waals surface area contributed by atoms with E-state index >= 15 is 0 Å². The van der Waals surface area contributed by atoms with Gasteiger partial charge in [-0.1, -0.05) is 34.8 Å². The molecule has 13 nitrogen and oxygen atoms in total. The van der Waals surface area contributed by atoms with Crippen molar-refractivity contribution in [2.24, 2.45) is 5.10 Å². The molecule has 0 aliphatic rings. The minimum absolute atomic E-state index is 0.0213. The van der Waals surface area contributed by atoms with E-state index < -0.39 is 17.7 Å². The summed E-state index contributed by atoms with van der Waals surface area (Å²) < 4.78 is 10.7. The third-order valence-electron chi connectivity index (χ3n) is 4.12. The Morgan fingerprint density at radius 1 is 1.08 bits per heavy atom. The molecule has 0 saturated heterocycles. The molecule has 0 unspecified atom stereocenters. The number of hydrazone groups is 1. The second-order valence-corrected chi connectivity index (χ2v) is 7.73. The van der Waals surface area contributed by atoms with Crippen LogP contribution < -0.4 is 20.2 Å². The number of carbonyl (C=O) groups is 2. The molecule has 0 aliphatic heterocycles. The minimum atomic E-state index is -1.64. The predicted octanol–water partition coefficient (Wildman–Crippen LogP) is 3.70. The lowest BCUT2D eigenvalue weighted by molar-refractivity contribution is -0.114. The lowest BCUT2D eigenvalue weighted by atomic mass is 10.1. The lowest BCUT2D eigenvalue weighted by Crippen LogP contribution is -2.34. The smallest absolute Gasteiger partial charge is 0.411 e. The van der Waals surface area contributed by atoms with Crippen molar-refractivity contribution in [2.45, 2.75) is 6.42 Å². The maximum atomic E-state index is 11.6. The van der Waals surface area contributed by atoms with Gasteiger partial charge in [0, 0.05) is 24.1 Å². The first-order valence-electron chi connectivity index (χ1n) is 9.53. The third kappa shape index (κ3) is 6.89. The Morgan fingerprint density at radius 2 is 1.78 bits per heavy atom. The van der Waals surface area contributed by atoms with Gasteiger partial charge in [0.1, 0.15) is 6.07 Å². The van der Waals surface area contributed by atoms with Crippen LogP contribution in [0.4, 0.5) is 10.5 Å². The average molecular weight is 552 g/mol. The standard InChI is InChI=1S/C20H13Cl3N8O5/c1-35-15-3-2-10(26-29-15)4-9-5-16(30-31-18(9)23)36-17-12(21)6-11(7-13(17)22)27-28-14(8-24)19(32)25-20(33)34/h2-3,5-7,27H,4H2,1H3,(H,25,32)(H,33,34). The average Bonchev–Trinajstić information content (AvgIpc) is 2.83. The van der Waals surface area contributed by atoms with Crippen molar-refractivity contribution >= 4 is 58.2 Å². The summed E-state index contributed by atoms with van der Waals surface area (Å²) in [6, 6.07) is 9.05. The van der Waals surface area contributed by atoms with E-state index in [0.29, 0.717) is 17.1 Å². The highest BCUT2D eigenvalue weighted by Crippen LogP contribution is 2.38. The number of aromatic nitrogens is 4. The highest BCUT2D eigenvalue weighted by Gasteiger charge is 2.16. The molecule has 0 fully saturated rings. The molecule has 184 valence electrons. The van der Waals surface area contributed by atoms with E-state index in [2.05, 4.69) is 30.9 Å². The van der Waals surface area contributed by atoms with Crippen molar-refractivity contribution in [1.82, 2.24) is 25.7 Å². The van der Waals surface area contributed by atoms with Crippen LogP contribution in [0.15, 0.2) is 35.4 Å². The van der Waals surface area contributed by atoms with E-state index in [1.807, 2.05) is 0 Å². The van der Waals surface area contributed by atoms with E-state index in [-0.39, 0.29) is 38.9 Å². The molecule has 3 rings (SSSR count). The third-order valence-corrected chi connectivity index (χ3v) is 5.00. The van der Waals surface area contributed by atoms with Crippen LogP contribution in [0.1, 0.15) is 11.3 Å². The molecule has 0 atom stereocenters. The molecule has 1 aromatic carbocycles. The Balaban J connectivity index is 1.78. The fourth-order valence-electron chi connectivity index (χ4n) is 2.54. The van der Waals surface area contributed by atoms with Crippen LogP contribution >= 0.6 is 34.8 Å². The highest BCUT2D eigenvalue weighted by atomic mass is 35.5. The van der Waals surface area contributed by atoms with Gasteiger partial charge in [-0.2, -0.15) is 15.5 Å². The van der Waals surface area contributed by atoms with Gasteiger partial charge in [0.2, 0.25) is 17.5 Å². The summed E-state index contributed by atoms with van der Waals surface area (Å²) >= 11 is 18.7. The highest BCUT2D eigenvalue weighted by molar-refractivity contribution is 6.46. The molecule has 0 spiro atoms. The van der Waals surface area contributed by atoms with Crippen LogP contribution in [-0.4, -0.2) is 50.3 Å². The van der Waals surface area contributed by atoms with E-state index in [1.54, 1.807) is 12.1 Å². The van der Waals surface area contributed by atoms with Crippen LogP contribution in [0.2, 0.25) is 15.2 Å². The molecule has 2 amide bonds. The molecule has 36 heavy (non-hydrogen) atoms. The Bertz CT molecular complexity index is 1360. The van der Waals surface area contributed by atoms with Crippen molar-refractivity contribution in [3.63, 3.8) is 0 Å². The van der Waals surface area contributed by atoms with Crippen molar-refractivity contribution in [3.8, 4) is 23.6 Å². The summed E-state index contributed by atoms with van der Waals surface area (Å²) in [7, 11) is 1.48. The second-order valence-electron chi connectivity index (χ2n) is 6.56. The zero-order valence-corrected chi connectivity index (χ0v) is 20.3. The molecule has 3 aromatic rings. The number of amides is 2. The van der Waals surface area contributed by atoms with Gasteiger partial charge in [0.25, 0.3) is 5.91 Å². The summed E-state index contributed by atoms with van der Waals surface area (Å²) in [5.41, 5.74) is 2.97. The Morgan fingerprint density at radius 3 is 2.36 bits per heavy atom. The van der Waals surface area contributed by atoms with E-state index in [4.69, 9.17) is 54.6 Å². The van der Waals surface area contributed by atoms with Crippen LogP contribution in [0.5, 0.6) is 17.5 Å². The zero-order chi connectivity index (χ0) is 26.2. The first-order valence-corrected chi connectivity index (χ1v) is 10.7. The second kappa shape index (κ2) is 11.9. The number of ether oxygens (including phenoxy) is 2. The lowest BCUT2D eigenvalue weighted by Gasteiger charge is -2.11. The van der Waals surface area contributed by atoms with Gasteiger partial charge in [-0.05, 0) is 18.2 Å². The SMILES string of the molecule is COc1ccc(Cc2cc(Oc3c(Cl)cc(NN=C(C#N)C(=O)NC(=O)O)cc3Cl)nnc2Cl)nn1.